The molecule has 0 aliphatic heterocycles. The molecule has 1 N–H and O–H groups in total. The van der Waals surface area contributed by atoms with Crippen LogP contribution in [0.2, 0.25) is 0 Å². The van der Waals surface area contributed by atoms with E-state index < -0.39 is 5.60 Å². The summed E-state index contributed by atoms with van der Waals surface area (Å²) >= 11 is 3.36. The summed E-state index contributed by atoms with van der Waals surface area (Å²) in [4.78, 5) is 0. The molecule has 1 aliphatic rings. The van der Waals surface area contributed by atoms with E-state index in [2.05, 4.69) is 15.9 Å². The zero-order valence-electron chi connectivity index (χ0n) is 9.39. The van der Waals surface area contributed by atoms with E-state index in [1.807, 2.05) is 0 Å². The number of rotatable bonds is 1. The Bertz CT molecular complexity index is 397. The molecule has 88 valence electrons. The minimum Gasteiger partial charge on any atom is -0.385 e. The highest BCUT2D eigenvalue weighted by Gasteiger charge is 2.34. The second-order valence-electron chi connectivity index (χ2n) is 4.68. The molecular weight excluding hydrogens is 271 g/mol. The van der Waals surface area contributed by atoms with Gasteiger partial charge in [-0.15, -0.1) is 0 Å². The second kappa shape index (κ2) is 4.46. The van der Waals surface area contributed by atoms with E-state index in [0.717, 1.165) is 23.7 Å². The molecule has 1 fully saturated rings. The molecule has 16 heavy (non-hydrogen) atoms. The zero-order chi connectivity index (χ0) is 11.8. The van der Waals surface area contributed by atoms with Crippen molar-refractivity contribution < 1.29 is 9.50 Å². The van der Waals surface area contributed by atoms with Gasteiger partial charge in [-0.05, 0) is 37.5 Å². The molecule has 0 heterocycles. The molecule has 1 saturated carbocycles. The highest BCUT2D eigenvalue weighted by Crippen LogP contribution is 2.39. The molecule has 0 radical (unpaired) electrons. The predicted molar refractivity (Wildman–Crippen MR) is 65.8 cm³/mol. The SMILES string of the molecule is Cc1cc(Br)cc(C2(O)CCCCC2)c1F. The molecular formula is C13H16BrFO. The Hall–Kier alpha value is -0.410. The number of hydrogen-bond donors (Lipinski definition) is 1. The third-order valence-electron chi connectivity index (χ3n) is 3.40. The molecule has 0 unspecified atom stereocenters. The minimum atomic E-state index is -0.961. The molecule has 0 bridgehead atoms. The first-order chi connectivity index (χ1) is 7.53. The molecule has 1 nitrogen and oxygen atoms in total. The van der Waals surface area contributed by atoms with Crippen molar-refractivity contribution in [1.82, 2.24) is 0 Å². The Kier molecular flexibility index (Phi) is 3.36. The fraction of sp³-hybridized carbons (Fsp3) is 0.538. The molecule has 0 atom stereocenters. The van der Waals surface area contributed by atoms with Crippen LogP contribution < -0.4 is 0 Å². The second-order valence-corrected chi connectivity index (χ2v) is 5.59. The first-order valence-corrected chi connectivity index (χ1v) is 6.51. The van der Waals surface area contributed by atoms with Gasteiger partial charge in [0.25, 0.3) is 0 Å². The highest BCUT2D eigenvalue weighted by atomic mass is 79.9. The highest BCUT2D eigenvalue weighted by molar-refractivity contribution is 9.10. The Balaban J connectivity index is 2.45. The lowest BCUT2D eigenvalue weighted by molar-refractivity contribution is -0.00389. The van der Waals surface area contributed by atoms with Crippen LogP contribution in [0.15, 0.2) is 16.6 Å². The molecule has 2 rings (SSSR count). The van der Waals surface area contributed by atoms with Crippen LogP contribution in [0.5, 0.6) is 0 Å². The molecule has 1 aromatic carbocycles. The van der Waals surface area contributed by atoms with Gasteiger partial charge in [0.05, 0.1) is 5.60 Å². The standard InChI is InChI=1S/C13H16BrFO/c1-9-7-10(14)8-11(12(9)15)13(16)5-3-2-4-6-13/h7-8,16H,2-6H2,1H3. The minimum absolute atomic E-state index is 0.257. The summed E-state index contributed by atoms with van der Waals surface area (Å²) in [5.41, 5.74) is 0.0825. The quantitative estimate of drug-likeness (QED) is 0.826. The van der Waals surface area contributed by atoms with Crippen molar-refractivity contribution in [2.75, 3.05) is 0 Å². The van der Waals surface area contributed by atoms with Crippen LogP contribution in [-0.4, -0.2) is 5.11 Å². The summed E-state index contributed by atoms with van der Waals surface area (Å²) < 4.78 is 14.9. The predicted octanol–water partition coefficient (Wildman–Crippen LogP) is 4.05. The fourth-order valence-corrected chi connectivity index (χ4v) is 3.04. The fourth-order valence-electron chi connectivity index (χ4n) is 2.47. The van der Waals surface area contributed by atoms with E-state index in [1.165, 1.54) is 0 Å². The summed E-state index contributed by atoms with van der Waals surface area (Å²) in [6, 6.07) is 3.46. The van der Waals surface area contributed by atoms with Crippen LogP contribution >= 0.6 is 15.9 Å². The number of benzene rings is 1. The van der Waals surface area contributed by atoms with Crippen molar-refractivity contribution in [3.63, 3.8) is 0 Å². The van der Waals surface area contributed by atoms with Crippen LogP contribution in [0, 0.1) is 12.7 Å². The Morgan fingerprint density at radius 2 is 1.88 bits per heavy atom. The number of halogens is 2. The van der Waals surface area contributed by atoms with Crippen molar-refractivity contribution >= 4 is 15.9 Å². The van der Waals surface area contributed by atoms with Gasteiger partial charge in [0.15, 0.2) is 0 Å². The molecule has 1 aromatic rings. The van der Waals surface area contributed by atoms with Crippen LogP contribution in [-0.2, 0) is 5.60 Å². The van der Waals surface area contributed by atoms with Crippen molar-refractivity contribution in [1.29, 1.82) is 0 Å². The topological polar surface area (TPSA) is 20.2 Å². The van der Waals surface area contributed by atoms with Gasteiger partial charge in [0.2, 0.25) is 0 Å². The van der Waals surface area contributed by atoms with Crippen molar-refractivity contribution in [2.45, 2.75) is 44.6 Å². The van der Waals surface area contributed by atoms with Gasteiger partial charge in [-0.1, -0.05) is 35.2 Å². The largest absolute Gasteiger partial charge is 0.385 e. The van der Waals surface area contributed by atoms with Gasteiger partial charge in [0.1, 0.15) is 5.82 Å². The average Bonchev–Trinajstić information content (AvgIpc) is 2.24. The first kappa shape index (κ1) is 12.1. The Labute approximate surface area is 104 Å². The third-order valence-corrected chi connectivity index (χ3v) is 3.86. The number of hydrogen-bond acceptors (Lipinski definition) is 1. The average molecular weight is 287 g/mol. The number of aryl methyl sites for hydroxylation is 1. The van der Waals surface area contributed by atoms with E-state index in [4.69, 9.17) is 0 Å². The third kappa shape index (κ3) is 2.16. The van der Waals surface area contributed by atoms with E-state index in [-0.39, 0.29) is 5.82 Å². The van der Waals surface area contributed by atoms with Gasteiger partial charge in [-0.3, -0.25) is 0 Å². The van der Waals surface area contributed by atoms with Gasteiger partial charge < -0.3 is 5.11 Å². The first-order valence-electron chi connectivity index (χ1n) is 5.71. The van der Waals surface area contributed by atoms with Gasteiger partial charge >= 0.3 is 0 Å². The monoisotopic (exact) mass is 286 g/mol. The van der Waals surface area contributed by atoms with E-state index in [9.17, 15) is 9.50 Å². The van der Waals surface area contributed by atoms with Crippen molar-refractivity contribution in [2.24, 2.45) is 0 Å². The molecule has 0 spiro atoms. The van der Waals surface area contributed by atoms with E-state index in [0.29, 0.717) is 24.0 Å². The van der Waals surface area contributed by atoms with Crippen LogP contribution in [0.4, 0.5) is 4.39 Å². The van der Waals surface area contributed by atoms with Crippen molar-refractivity contribution in [3.05, 3.63) is 33.5 Å². The maximum absolute atomic E-state index is 14.0. The summed E-state index contributed by atoms with van der Waals surface area (Å²) in [6.45, 7) is 1.73. The number of aliphatic hydroxyl groups is 1. The molecule has 1 aliphatic carbocycles. The summed E-state index contributed by atoms with van der Waals surface area (Å²) in [5.74, 6) is -0.257. The summed E-state index contributed by atoms with van der Waals surface area (Å²) in [7, 11) is 0. The lowest BCUT2D eigenvalue weighted by atomic mass is 9.79. The Morgan fingerprint density at radius 1 is 1.25 bits per heavy atom. The smallest absolute Gasteiger partial charge is 0.132 e. The zero-order valence-corrected chi connectivity index (χ0v) is 11.0. The molecule has 0 aromatic heterocycles. The normalized spacial score (nSPS) is 19.8. The van der Waals surface area contributed by atoms with Gasteiger partial charge in [-0.25, -0.2) is 4.39 Å². The van der Waals surface area contributed by atoms with Gasteiger partial charge in [0, 0.05) is 10.0 Å². The molecule has 0 saturated heterocycles. The van der Waals surface area contributed by atoms with Crippen molar-refractivity contribution in [3.8, 4) is 0 Å². The summed E-state index contributed by atoms with van der Waals surface area (Å²) in [5, 5.41) is 10.5. The Morgan fingerprint density at radius 3 is 2.50 bits per heavy atom. The van der Waals surface area contributed by atoms with Crippen LogP contribution in [0.3, 0.4) is 0 Å². The summed E-state index contributed by atoms with van der Waals surface area (Å²) in [6.07, 6.45) is 4.42. The van der Waals surface area contributed by atoms with E-state index in [1.54, 1.807) is 19.1 Å². The lowest BCUT2D eigenvalue weighted by Crippen LogP contribution is -2.29. The lowest BCUT2D eigenvalue weighted by Gasteiger charge is -2.33. The van der Waals surface area contributed by atoms with Crippen LogP contribution in [0.1, 0.15) is 43.2 Å². The van der Waals surface area contributed by atoms with Crippen LogP contribution in [0.25, 0.3) is 0 Å². The van der Waals surface area contributed by atoms with E-state index >= 15 is 0 Å². The van der Waals surface area contributed by atoms with Gasteiger partial charge in [-0.2, -0.15) is 0 Å². The molecule has 0 amide bonds. The maximum atomic E-state index is 14.0. The molecule has 3 heteroatoms. The maximum Gasteiger partial charge on any atom is 0.132 e.